The Morgan fingerprint density at radius 1 is 1.19 bits per heavy atom. The molecule has 5 heterocycles. The second kappa shape index (κ2) is 8.24. The molecular formula is C24H32N4O3S. The van der Waals surface area contributed by atoms with Gasteiger partial charge in [-0.2, -0.15) is 0 Å². The van der Waals surface area contributed by atoms with Gasteiger partial charge in [0.2, 0.25) is 0 Å². The first-order valence-electron chi connectivity index (χ1n) is 11.9. The summed E-state index contributed by atoms with van der Waals surface area (Å²) in [6.45, 7) is 4.15. The molecule has 172 valence electrons. The number of piperidine rings is 1. The van der Waals surface area contributed by atoms with E-state index in [1.54, 1.807) is 0 Å². The van der Waals surface area contributed by atoms with Gasteiger partial charge in [0.05, 0.1) is 29.0 Å². The Hall–Kier alpha value is -1.74. The molecule has 6 rings (SSSR count). The van der Waals surface area contributed by atoms with E-state index < -0.39 is 10.8 Å². The van der Waals surface area contributed by atoms with Crippen molar-refractivity contribution >= 4 is 16.6 Å². The number of allylic oxidation sites excluding steroid dienone is 1. The van der Waals surface area contributed by atoms with Gasteiger partial charge in [-0.15, -0.1) is 0 Å². The van der Waals surface area contributed by atoms with Gasteiger partial charge < -0.3 is 19.7 Å². The summed E-state index contributed by atoms with van der Waals surface area (Å²) in [6, 6.07) is 8.92. The van der Waals surface area contributed by atoms with Gasteiger partial charge in [-0.25, -0.2) is 0 Å². The first-order chi connectivity index (χ1) is 15.6. The SMILES string of the molecule is CN1C(=NC2CCOCC2)C2=C(CCS2=O)NC1N1CCC2(CC1)OCc1ccccc12. The van der Waals surface area contributed by atoms with Crippen LogP contribution in [0.5, 0.6) is 0 Å². The van der Waals surface area contributed by atoms with Crippen molar-refractivity contribution in [3.63, 3.8) is 0 Å². The molecule has 1 aromatic rings. The molecule has 1 aromatic carbocycles. The Kier molecular flexibility index (Phi) is 5.36. The third kappa shape index (κ3) is 3.43. The Morgan fingerprint density at radius 2 is 1.97 bits per heavy atom. The van der Waals surface area contributed by atoms with Crippen LogP contribution in [-0.2, 0) is 32.5 Å². The van der Waals surface area contributed by atoms with Crippen LogP contribution in [-0.4, -0.2) is 71.3 Å². The molecule has 5 aliphatic heterocycles. The molecule has 2 atom stereocenters. The molecule has 0 saturated carbocycles. The minimum Gasteiger partial charge on any atom is -0.381 e. The molecule has 7 nitrogen and oxygen atoms in total. The molecule has 0 bridgehead atoms. The monoisotopic (exact) mass is 456 g/mol. The lowest BCUT2D eigenvalue weighted by atomic mass is 9.84. The number of rotatable bonds is 2. The fraction of sp³-hybridized carbons (Fsp3) is 0.625. The highest BCUT2D eigenvalue weighted by molar-refractivity contribution is 7.90. The number of amidine groups is 1. The molecule has 0 radical (unpaired) electrons. The molecule has 0 amide bonds. The number of hydrogen-bond donors (Lipinski definition) is 1. The Bertz CT molecular complexity index is 979. The van der Waals surface area contributed by atoms with E-state index in [0.29, 0.717) is 5.75 Å². The molecular weight excluding hydrogens is 424 g/mol. The molecule has 5 aliphatic rings. The van der Waals surface area contributed by atoms with Crippen molar-refractivity contribution in [2.45, 2.75) is 56.6 Å². The highest BCUT2D eigenvalue weighted by Gasteiger charge is 2.46. The number of nitrogens with one attached hydrogen (secondary N) is 1. The summed E-state index contributed by atoms with van der Waals surface area (Å²) in [6.07, 6.45) is 4.73. The Balaban J connectivity index is 1.24. The van der Waals surface area contributed by atoms with Gasteiger partial charge >= 0.3 is 0 Å². The van der Waals surface area contributed by atoms with Crippen LogP contribution in [0.15, 0.2) is 39.9 Å². The number of benzene rings is 1. The van der Waals surface area contributed by atoms with Crippen molar-refractivity contribution in [3.05, 3.63) is 46.0 Å². The number of aliphatic imine (C=N–C) groups is 1. The zero-order chi connectivity index (χ0) is 21.7. The zero-order valence-corrected chi connectivity index (χ0v) is 19.5. The first kappa shape index (κ1) is 20.8. The van der Waals surface area contributed by atoms with Gasteiger partial charge in [0.25, 0.3) is 0 Å². The maximum absolute atomic E-state index is 12.8. The summed E-state index contributed by atoms with van der Waals surface area (Å²) < 4.78 is 24.7. The number of nitrogens with zero attached hydrogens (tertiary/aromatic N) is 3. The number of hydrogen-bond acceptors (Lipinski definition) is 6. The van der Waals surface area contributed by atoms with Gasteiger partial charge in [-0.05, 0) is 36.8 Å². The normalized spacial score (nSPS) is 31.8. The average molecular weight is 457 g/mol. The lowest BCUT2D eigenvalue weighted by Gasteiger charge is -2.47. The zero-order valence-electron chi connectivity index (χ0n) is 18.7. The Labute approximate surface area is 192 Å². The number of ether oxygens (including phenoxy) is 2. The van der Waals surface area contributed by atoms with Crippen LogP contribution in [0.4, 0.5) is 0 Å². The maximum Gasteiger partial charge on any atom is 0.158 e. The van der Waals surface area contributed by atoms with E-state index in [1.807, 2.05) is 0 Å². The van der Waals surface area contributed by atoms with E-state index in [-0.39, 0.29) is 17.9 Å². The van der Waals surface area contributed by atoms with E-state index >= 15 is 0 Å². The average Bonchev–Trinajstić information content (AvgIpc) is 3.38. The predicted molar refractivity (Wildman–Crippen MR) is 124 cm³/mol. The van der Waals surface area contributed by atoms with Crippen molar-refractivity contribution < 1.29 is 13.7 Å². The minimum atomic E-state index is -0.971. The molecule has 2 saturated heterocycles. The molecule has 0 aromatic heterocycles. The van der Waals surface area contributed by atoms with Gasteiger partial charge in [-0.1, -0.05) is 24.3 Å². The van der Waals surface area contributed by atoms with E-state index in [0.717, 1.165) is 81.5 Å². The van der Waals surface area contributed by atoms with Gasteiger partial charge in [0.15, 0.2) is 6.29 Å². The van der Waals surface area contributed by atoms with Crippen molar-refractivity contribution in [2.75, 3.05) is 39.1 Å². The standard InChI is InChI=1S/C24H32N4O3S/c1-27-22(25-18-6-13-30-14-7-18)21-20(8-15-32(21)29)26-23(27)28-11-9-24(10-12-28)19-5-3-2-4-17(19)16-31-24/h2-5,18,23,26H,6-16H2,1H3. The molecule has 0 aliphatic carbocycles. The smallest absolute Gasteiger partial charge is 0.158 e. The summed E-state index contributed by atoms with van der Waals surface area (Å²) in [5, 5.41) is 3.72. The molecule has 2 fully saturated rings. The summed E-state index contributed by atoms with van der Waals surface area (Å²) in [7, 11) is 1.13. The maximum atomic E-state index is 12.8. The fourth-order valence-electron chi connectivity index (χ4n) is 5.85. The van der Waals surface area contributed by atoms with E-state index in [9.17, 15) is 4.21 Å². The Morgan fingerprint density at radius 3 is 2.78 bits per heavy atom. The summed E-state index contributed by atoms with van der Waals surface area (Å²) in [5.41, 5.74) is 3.70. The largest absolute Gasteiger partial charge is 0.381 e. The van der Waals surface area contributed by atoms with E-state index in [2.05, 4.69) is 46.4 Å². The van der Waals surface area contributed by atoms with Crippen LogP contribution in [0, 0.1) is 0 Å². The summed E-state index contributed by atoms with van der Waals surface area (Å²) in [5.74, 6) is 1.62. The van der Waals surface area contributed by atoms with Gasteiger partial charge in [-0.3, -0.25) is 14.1 Å². The molecule has 2 unspecified atom stereocenters. The van der Waals surface area contributed by atoms with Crippen LogP contribution < -0.4 is 5.32 Å². The van der Waals surface area contributed by atoms with Crippen LogP contribution in [0.25, 0.3) is 0 Å². The molecule has 1 N–H and O–H groups in total. The summed E-state index contributed by atoms with van der Waals surface area (Å²) >= 11 is 0. The highest BCUT2D eigenvalue weighted by Crippen LogP contribution is 2.44. The second-order valence-corrected chi connectivity index (χ2v) is 11.0. The molecule has 8 heteroatoms. The van der Waals surface area contributed by atoms with Crippen LogP contribution in [0.2, 0.25) is 0 Å². The van der Waals surface area contributed by atoms with E-state index in [4.69, 9.17) is 14.5 Å². The topological polar surface area (TPSA) is 66.4 Å². The van der Waals surface area contributed by atoms with Crippen LogP contribution in [0.3, 0.4) is 0 Å². The highest BCUT2D eigenvalue weighted by atomic mass is 32.2. The van der Waals surface area contributed by atoms with Crippen LogP contribution >= 0.6 is 0 Å². The number of likely N-dealkylation sites (N-methyl/N-ethyl adjacent to an activating group) is 1. The first-order valence-corrected chi connectivity index (χ1v) is 13.2. The predicted octanol–water partition coefficient (Wildman–Crippen LogP) is 2.27. The van der Waals surface area contributed by atoms with Crippen molar-refractivity contribution in [1.29, 1.82) is 0 Å². The van der Waals surface area contributed by atoms with Gasteiger partial charge in [0, 0.05) is 51.2 Å². The lowest BCUT2D eigenvalue weighted by molar-refractivity contribution is -0.0938. The number of fused-ring (bicyclic) bond motifs is 2. The van der Waals surface area contributed by atoms with Crippen molar-refractivity contribution in [3.8, 4) is 0 Å². The quantitative estimate of drug-likeness (QED) is 0.737. The van der Waals surface area contributed by atoms with Crippen molar-refractivity contribution in [1.82, 2.24) is 15.1 Å². The van der Waals surface area contributed by atoms with Gasteiger partial charge in [0.1, 0.15) is 10.7 Å². The second-order valence-electron chi connectivity index (χ2n) is 9.51. The third-order valence-corrected chi connectivity index (χ3v) is 9.17. The van der Waals surface area contributed by atoms with Crippen LogP contribution in [0.1, 0.15) is 43.2 Å². The fourth-order valence-corrected chi connectivity index (χ4v) is 7.28. The number of likely N-dealkylation sites (tertiary alicyclic amines) is 1. The molecule has 1 spiro atoms. The third-order valence-electron chi connectivity index (χ3n) is 7.71. The summed E-state index contributed by atoms with van der Waals surface area (Å²) in [4.78, 5) is 10.8. The van der Waals surface area contributed by atoms with Crippen molar-refractivity contribution in [2.24, 2.45) is 4.99 Å². The molecule has 32 heavy (non-hydrogen) atoms. The van der Waals surface area contributed by atoms with E-state index in [1.165, 1.54) is 11.1 Å². The lowest BCUT2D eigenvalue weighted by Crippen LogP contribution is -2.62. The minimum absolute atomic E-state index is 0.0384.